The van der Waals surface area contributed by atoms with Gasteiger partial charge in [0.15, 0.2) is 5.65 Å². The van der Waals surface area contributed by atoms with E-state index in [0.29, 0.717) is 16.9 Å². The average molecular weight is 350 g/mol. The monoisotopic (exact) mass is 350 g/mol. The molecule has 1 N–H and O–H groups in total. The molecule has 0 spiro atoms. The number of aromatic nitrogens is 4. The Bertz CT molecular complexity index is 891. The molecular formula is C16H15BN6OS. The molecular weight excluding hydrogens is 335 g/mol. The Morgan fingerprint density at radius 3 is 2.80 bits per heavy atom. The summed E-state index contributed by atoms with van der Waals surface area (Å²) in [4.78, 5) is 23.0. The Morgan fingerprint density at radius 1 is 1.20 bits per heavy atom. The molecule has 124 valence electrons. The number of piperidine rings is 1. The summed E-state index contributed by atoms with van der Waals surface area (Å²) in [6.45, 7) is 1.59. The van der Waals surface area contributed by atoms with Gasteiger partial charge in [-0.3, -0.25) is 4.79 Å². The van der Waals surface area contributed by atoms with Crippen molar-refractivity contribution in [3.8, 4) is 0 Å². The predicted octanol–water partition coefficient (Wildman–Crippen LogP) is 1.13. The van der Waals surface area contributed by atoms with Crippen molar-refractivity contribution in [2.45, 2.75) is 12.8 Å². The number of fused-ring (bicyclic) bond motifs is 1. The average Bonchev–Trinajstić information content (AvgIpc) is 3.12. The number of hydrogen-bond acceptors (Lipinski definition) is 7. The summed E-state index contributed by atoms with van der Waals surface area (Å²) in [6.07, 6.45) is 4.85. The van der Waals surface area contributed by atoms with Crippen molar-refractivity contribution in [1.82, 2.24) is 18.7 Å². The minimum atomic E-state index is -0.0264. The second-order valence-corrected chi connectivity index (χ2v) is 6.52. The van der Waals surface area contributed by atoms with E-state index in [1.54, 1.807) is 18.3 Å². The van der Waals surface area contributed by atoms with E-state index >= 15 is 0 Å². The molecule has 0 unspecified atom stereocenters. The summed E-state index contributed by atoms with van der Waals surface area (Å²) < 4.78 is 8.52. The summed E-state index contributed by atoms with van der Waals surface area (Å²) in [5.74, 6) is 0.514. The molecule has 0 bridgehead atoms. The SMILES string of the molecule is [B]c1ccc(NC(=O)C2CCN(c3ccnc4nsnc34)CC2)nc1. The zero-order chi connectivity index (χ0) is 17.2. The molecule has 4 rings (SSSR count). The molecule has 9 heteroatoms. The van der Waals surface area contributed by atoms with Crippen LogP contribution in [0, 0.1) is 5.92 Å². The molecule has 7 nitrogen and oxygen atoms in total. The largest absolute Gasteiger partial charge is 0.370 e. The van der Waals surface area contributed by atoms with Crippen molar-refractivity contribution in [3.05, 3.63) is 30.6 Å². The van der Waals surface area contributed by atoms with E-state index in [1.807, 2.05) is 6.07 Å². The van der Waals surface area contributed by atoms with Crippen LogP contribution in [0.3, 0.4) is 0 Å². The van der Waals surface area contributed by atoms with Gasteiger partial charge < -0.3 is 10.2 Å². The first kappa shape index (κ1) is 16.0. The smallest absolute Gasteiger partial charge is 0.228 e. The number of anilines is 2. The second-order valence-electron chi connectivity index (χ2n) is 5.99. The van der Waals surface area contributed by atoms with Crippen molar-refractivity contribution in [1.29, 1.82) is 0 Å². The second kappa shape index (κ2) is 6.75. The van der Waals surface area contributed by atoms with Crippen LogP contribution in [0.2, 0.25) is 0 Å². The fraction of sp³-hybridized carbons (Fsp3) is 0.312. The lowest BCUT2D eigenvalue weighted by molar-refractivity contribution is -0.120. The Morgan fingerprint density at radius 2 is 2.04 bits per heavy atom. The van der Waals surface area contributed by atoms with E-state index < -0.39 is 0 Å². The first-order chi connectivity index (χ1) is 12.2. The molecule has 25 heavy (non-hydrogen) atoms. The van der Waals surface area contributed by atoms with Crippen LogP contribution in [0.1, 0.15) is 12.8 Å². The van der Waals surface area contributed by atoms with Crippen LogP contribution in [-0.4, -0.2) is 45.6 Å². The van der Waals surface area contributed by atoms with Crippen LogP contribution in [0.4, 0.5) is 11.5 Å². The maximum Gasteiger partial charge on any atom is 0.228 e. The van der Waals surface area contributed by atoms with Crippen molar-refractivity contribution < 1.29 is 4.79 Å². The molecule has 0 aromatic carbocycles. The van der Waals surface area contributed by atoms with Gasteiger partial charge in [-0.05, 0) is 25.0 Å². The third kappa shape index (κ3) is 3.32. The van der Waals surface area contributed by atoms with Gasteiger partial charge in [0.1, 0.15) is 19.2 Å². The van der Waals surface area contributed by atoms with E-state index in [9.17, 15) is 4.79 Å². The topological polar surface area (TPSA) is 83.9 Å². The normalized spacial score (nSPS) is 15.4. The Hall–Kier alpha value is -2.55. The van der Waals surface area contributed by atoms with Gasteiger partial charge in [-0.1, -0.05) is 11.5 Å². The molecule has 2 radical (unpaired) electrons. The summed E-state index contributed by atoms with van der Waals surface area (Å²) in [5.41, 5.74) is 3.13. The number of rotatable bonds is 3. The summed E-state index contributed by atoms with van der Waals surface area (Å²) >= 11 is 1.17. The van der Waals surface area contributed by atoms with Crippen LogP contribution in [0.25, 0.3) is 11.2 Å². The molecule has 3 aromatic rings. The van der Waals surface area contributed by atoms with Crippen LogP contribution >= 0.6 is 11.7 Å². The quantitative estimate of drug-likeness (QED) is 0.713. The molecule has 0 atom stereocenters. The van der Waals surface area contributed by atoms with Crippen LogP contribution in [0.15, 0.2) is 30.6 Å². The zero-order valence-corrected chi connectivity index (χ0v) is 14.2. The van der Waals surface area contributed by atoms with E-state index in [2.05, 4.69) is 28.9 Å². The highest BCUT2D eigenvalue weighted by molar-refractivity contribution is 7.00. The highest BCUT2D eigenvalue weighted by Gasteiger charge is 2.26. The molecule has 1 fully saturated rings. The number of amides is 1. The molecule has 4 heterocycles. The van der Waals surface area contributed by atoms with Gasteiger partial charge in [-0.2, -0.15) is 8.75 Å². The van der Waals surface area contributed by atoms with Gasteiger partial charge in [0.05, 0.1) is 17.4 Å². The third-order valence-electron chi connectivity index (χ3n) is 4.39. The van der Waals surface area contributed by atoms with Gasteiger partial charge in [0, 0.05) is 31.4 Å². The fourth-order valence-electron chi connectivity index (χ4n) is 3.03. The van der Waals surface area contributed by atoms with Crippen LogP contribution < -0.4 is 15.7 Å². The maximum atomic E-state index is 12.4. The Labute approximate surface area is 150 Å². The molecule has 1 amide bonds. The van der Waals surface area contributed by atoms with Crippen molar-refractivity contribution >= 4 is 53.6 Å². The Kier molecular flexibility index (Phi) is 4.31. The highest BCUT2D eigenvalue weighted by atomic mass is 32.1. The molecule has 1 aliphatic heterocycles. The summed E-state index contributed by atoms with van der Waals surface area (Å²) in [5, 5.41) is 2.86. The minimum absolute atomic E-state index is 0.00659. The van der Waals surface area contributed by atoms with Crippen molar-refractivity contribution in [2.24, 2.45) is 5.92 Å². The first-order valence-corrected chi connectivity index (χ1v) is 8.78. The number of pyridine rings is 2. The lowest BCUT2D eigenvalue weighted by Crippen LogP contribution is -2.38. The van der Waals surface area contributed by atoms with Gasteiger partial charge in [0.2, 0.25) is 5.91 Å². The third-order valence-corrected chi connectivity index (χ3v) is 4.91. The van der Waals surface area contributed by atoms with E-state index in [1.165, 1.54) is 17.9 Å². The van der Waals surface area contributed by atoms with E-state index in [0.717, 1.165) is 37.1 Å². The first-order valence-electron chi connectivity index (χ1n) is 8.05. The number of carbonyl (C=O) groups excluding carboxylic acids is 1. The van der Waals surface area contributed by atoms with E-state index in [-0.39, 0.29) is 11.8 Å². The van der Waals surface area contributed by atoms with Crippen LogP contribution in [-0.2, 0) is 4.79 Å². The van der Waals surface area contributed by atoms with Crippen molar-refractivity contribution in [2.75, 3.05) is 23.3 Å². The number of nitrogens with one attached hydrogen (secondary N) is 1. The lowest BCUT2D eigenvalue weighted by atomic mass is 9.95. The summed E-state index contributed by atoms with van der Waals surface area (Å²) in [7, 11) is 5.61. The predicted molar refractivity (Wildman–Crippen MR) is 98.4 cm³/mol. The Balaban J connectivity index is 1.40. The lowest BCUT2D eigenvalue weighted by Gasteiger charge is -2.32. The number of hydrogen-bond donors (Lipinski definition) is 1. The minimum Gasteiger partial charge on any atom is -0.370 e. The van der Waals surface area contributed by atoms with Gasteiger partial charge >= 0.3 is 0 Å². The van der Waals surface area contributed by atoms with Gasteiger partial charge in [-0.25, -0.2) is 9.97 Å². The van der Waals surface area contributed by atoms with Crippen LogP contribution in [0.5, 0.6) is 0 Å². The van der Waals surface area contributed by atoms with Gasteiger partial charge in [-0.15, -0.1) is 0 Å². The molecule has 1 aliphatic rings. The molecule has 3 aromatic heterocycles. The fourth-order valence-corrected chi connectivity index (χ4v) is 3.54. The molecule has 1 saturated heterocycles. The van der Waals surface area contributed by atoms with Gasteiger partial charge in [0.25, 0.3) is 0 Å². The zero-order valence-electron chi connectivity index (χ0n) is 13.4. The number of carbonyl (C=O) groups is 1. The van der Waals surface area contributed by atoms with E-state index in [4.69, 9.17) is 7.85 Å². The molecule has 0 saturated carbocycles. The molecule has 0 aliphatic carbocycles. The standard InChI is InChI=1S/C16H15BN6OS/c17-11-1-2-13(19-9-11)20-16(24)10-4-7-23(8-5-10)12-3-6-18-15-14(12)21-25-22-15/h1-3,6,9-10H,4-5,7-8H2,(H,19,20,24). The number of nitrogens with zero attached hydrogens (tertiary/aromatic N) is 5. The maximum absolute atomic E-state index is 12.4. The summed E-state index contributed by atoms with van der Waals surface area (Å²) in [6, 6.07) is 5.40. The van der Waals surface area contributed by atoms with Crippen molar-refractivity contribution in [3.63, 3.8) is 0 Å². The highest BCUT2D eigenvalue weighted by Crippen LogP contribution is 2.28.